The summed E-state index contributed by atoms with van der Waals surface area (Å²) in [5.74, 6) is -0.0762. The van der Waals surface area contributed by atoms with Crippen LogP contribution in [0.4, 0.5) is 11.4 Å². The maximum Gasteiger partial charge on any atom is 0.221 e. The zero-order valence-corrected chi connectivity index (χ0v) is 13.2. The highest BCUT2D eigenvalue weighted by molar-refractivity contribution is 6.30. The molecule has 1 amide bonds. The highest BCUT2D eigenvalue weighted by Crippen LogP contribution is 2.26. The van der Waals surface area contributed by atoms with Gasteiger partial charge in [0.2, 0.25) is 5.91 Å². The molecule has 0 saturated heterocycles. The molecule has 2 N–H and O–H groups in total. The molecular weight excluding hydrogens is 284 g/mol. The Bertz CT molecular complexity index is 655. The van der Waals surface area contributed by atoms with Crippen molar-refractivity contribution in [3.63, 3.8) is 0 Å². The molecule has 0 spiro atoms. The summed E-state index contributed by atoms with van der Waals surface area (Å²) in [4.78, 5) is 11.1. The van der Waals surface area contributed by atoms with E-state index in [1.165, 1.54) is 6.92 Å². The average Bonchev–Trinajstić information content (AvgIpc) is 2.42. The minimum absolute atomic E-state index is 0.0762. The fourth-order valence-corrected chi connectivity index (χ4v) is 2.35. The van der Waals surface area contributed by atoms with Gasteiger partial charge in [0, 0.05) is 29.4 Å². The molecule has 0 aliphatic heterocycles. The number of halogens is 1. The van der Waals surface area contributed by atoms with Crippen LogP contribution >= 0.6 is 11.6 Å². The summed E-state index contributed by atoms with van der Waals surface area (Å²) >= 11 is 6.03. The van der Waals surface area contributed by atoms with E-state index in [2.05, 4.69) is 17.6 Å². The van der Waals surface area contributed by atoms with E-state index in [1.807, 2.05) is 49.4 Å². The Kier molecular flexibility index (Phi) is 4.86. The molecule has 2 rings (SSSR count). The Morgan fingerprint density at radius 1 is 1.19 bits per heavy atom. The lowest BCUT2D eigenvalue weighted by atomic mass is 10.1. The Balaban J connectivity index is 2.20. The van der Waals surface area contributed by atoms with Crippen molar-refractivity contribution in [1.29, 1.82) is 0 Å². The van der Waals surface area contributed by atoms with Crippen molar-refractivity contribution in [2.45, 2.75) is 26.8 Å². The number of rotatable bonds is 4. The molecule has 4 heteroatoms. The molecular formula is C17H19ClN2O. The Morgan fingerprint density at radius 2 is 1.95 bits per heavy atom. The second kappa shape index (κ2) is 6.64. The van der Waals surface area contributed by atoms with Crippen molar-refractivity contribution >= 4 is 28.9 Å². The van der Waals surface area contributed by atoms with E-state index in [-0.39, 0.29) is 11.9 Å². The molecule has 0 saturated carbocycles. The van der Waals surface area contributed by atoms with E-state index >= 15 is 0 Å². The molecule has 1 atom stereocenters. The van der Waals surface area contributed by atoms with Crippen molar-refractivity contribution in [1.82, 2.24) is 0 Å². The monoisotopic (exact) mass is 302 g/mol. The number of aryl methyl sites for hydroxylation is 1. The molecule has 0 fully saturated rings. The second-order valence-corrected chi connectivity index (χ2v) is 5.57. The van der Waals surface area contributed by atoms with E-state index in [4.69, 9.17) is 11.6 Å². The summed E-state index contributed by atoms with van der Waals surface area (Å²) in [5, 5.41) is 6.98. The van der Waals surface area contributed by atoms with Crippen LogP contribution in [-0.2, 0) is 4.79 Å². The number of anilines is 2. The summed E-state index contributed by atoms with van der Waals surface area (Å²) in [6.45, 7) is 5.61. The van der Waals surface area contributed by atoms with Crippen molar-refractivity contribution in [3.8, 4) is 0 Å². The molecule has 2 aromatic carbocycles. The summed E-state index contributed by atoms with van der Waals surface area (Å²) in [6.07, 6.45) is 0. The zero-order chi connectivity index (χ0) is 15.4. The lowest BCUT2D eigenvalue weighted by Gasteiger charge is -2.18. The van der Waals surface area contributed by atoms with Gasteiger partial charge in [0.1, 0.15) is 0 Å². The first-order chi connectivity index (χ1) is 9.95. The summed E-state index contributed by atoms with van der Waals surface area (Å²) in [5.41, 5.74) is 4.02. The molecule has 0 aromatic heterocycles. The normalized spacial score (nSPS) is 11.8. The number of carbonyl (C=O) groups is 1. The van der Waals surface area contributed by atoms with E-state index in [0.717, 1.165) is 27.5 Å². The lowest BCUT2D eigenvalue weighted by molar-refractivity contribution is -0.114. The minimum atomic E-state index is -0.0762. The lowest BCUT2D eigenvalue weighted by Crippen LogP contribution is -2.09. The number of amides is 1. The van der Waals surface area contributed by atoms with Crippen LogP contribution in [-0.4, -0.2) is 5.91 Å². The predicted octanol–water partition coefficient (Wildman–Crippen LogP) is 4.78. The molecule has 0 bridgehead atoms. The van der Waals surface area contributed by atoms with Crippen LogP contribution < -0.4 is 10.6 Å². The van der Waals surface area contributed by atoms with Gasteiger partial charge >= 0.3 is 0 Å². The average molecular weight is 303 g/mol. The third-order valence-corrected chi connectivity index (χ3v) is 3.51. The van der Waals surface area contributed by atoms with E-state index < -0.39 is 0 Å². The quantitative estimate of drug-likeness (QED) is 0.853. The van der Waals surface area contributed by atoms with Crippen molar-refractivity contribution < 1.29 is 4.79 Å². The first-order valence-electron chi connectivity index (χ1n) is 6.86. The van der Waals surface area contributed by atoms with E-state index in [1.54, 1.807) is 0 Å². The van der Waals surface area contributed by atoms with Crippen LogP contribution in [0.25, 0.3) is 0 Å². The van der Waals surface area contributed by atoms with Gasteiger partial charge in [-0.3, -0.25) is 4.79 Å². The smallest absolute Gasteiger partial charge is 0.221 e. The number of benzene rings is 2. The van der Waals surface area contributed by atoms with Gasteiger partial charge in [-0.25, -0.2) is 0 Å². The van der Waals surface area contributed by atoms with Crippen molar-refractivity contribution in [2.24, 2.45) is 0 Å². The highest BCUT2D eigenvalue weighted by Gasteiger charge is 2.08. The molecule has 0 aliphatic rings. The Labute approximate surface area is 130 Å². The van der Waals surface area contributed by atoms with E-state index in [9.17, 15) is 4.79 Å². The minimum Gasteiger partial charge on any atom is -0.378 e. The summed E-state index contributed by atoms with van der Waals surface area (Å²) in [6, 6.07) is 13.7. The van der Waals surface area contributed by atoms with Crippen LogP contribution in [0.3, 0.4) is 0 Å². The van der Waals surface area contributed by atoms with Crippen LogP contribution in [0.2, 0.25) is 5.02 Å². The van der Waals surface area contributed by atoms with E-state index in [0.29, 0.717) is 0 Å². The maximum atomic E-state index is 11.1. The number of nitrogens with one attached hydrogen (secondary N) is 2. The maximum absolute atomic E-state index is 11.1. The third-order valence-electron chi connectivity index (χ3n) is 3.28. The van der Waals surface area contributed by atoms with Crippen LogP contribution in [0.1, 0.15) is 31.0 Å². The topological polar surface area (TPSA) is 41.1 Å². The predicted molar refractivity (Wildman–Crippen MR) is 89.0 cm³/mol. The highest BCUT2D eigenvalue weighted by atomic mass is 35.5. The van der Waals surface area contributed by atoms with Gasteiger partial charge in [0.25, 0.3) is 0 Å². The molecule has 110 valence electrons. The molecule has 3 nitrogen and oxygen atoms in total. The van der Waals surface area contributed by atoms with Gasteiger partial charge < -0.3 is 10.6 Å². The SMILES string of the molecule is CC(=O)Nc1ccc(C)c(NC(C)c2cccc(Cl)c2)c1. The first-order valence-corrected chi connectivity index (χ1v) is 7.24. The zero-order valence-electron chi connectivity index (χ0n) is 12.4. The van der Waals surface area contributed by atoms with Gasteiger partial charge in [0.15, 0.2) is 0 Å². The van der Waals surface area contributed by atoms with Crippen LogP contribution in [0.5, 0.6) is 0 Å². The fraction of sp³-hybridized carbons (Fsp3) is 0.235. The Hall–Kier alpha value is -2.00. The van der Waals surface area contributed by atoms with Gasteiger partial charge in [0.05, 0.1) is 0 Å². The van der Waals surface area contributed by atoms with Gasteiger partial charge in [-0.15, -0.1) is 0 Å². The number of carbonyl (C=O) groups excluding carboxylic acids is 1. The van der Waals surface area contributed by atoms with Crippen molar-refractivity contribution in [3.05, 3.63) is 58.6 Å². The molecule has 0 radical (unpaired) electrons. The van der Waals surface area contributed by atoms with Crippen molar-refractivity contribution in [2.75, 3.05) is 10.6 Å². The number of hydrogen-bond donors (Lipinski definition) is 2. The standard InChI is InChI=1S/C17H19ClN2O/c1-11-7-8-16(20-13(3)21)10-17(11)19-12(2)14-5-4-6-15(18)9-14/h4-10,12,19H,1-3H3,(H,20,21). The van der Waals surface area contributed by atoms with Gasteiger partial charge in [-0.1, -0.05) is 29.8 Å². The summed E-state index contributed by atoms with van der Waals surface area (Å²) < 4.78 is 0. The Morgan fingerprint density at radius 3 is 2.62 bits per heavy atom. The molecule has 21 heavy (non-hydrogen) atoms. The first kappa shape index (κ1) is 15.4. The second-order valence-electron chi connectivity index (χ2n) is 5.13. The van der Waals surface area contributed by atoms with Gasteiger partial charge in [-0.2, -0.15) is 0 Å². The third kappa shape index (κ3) is 4.23. The molecule has 1 unspecified atom stereocenters. The number of hydrogen-bond acceptors (Lipinski definition) is 2. The fourth-order valence-electron chi connectivity index (χ4n) is 2.15. The molecule has 0 aliphatic carbocycles. The largest absolute Gasteiger partial charge is 0.378 e. The van der Waals surface area contributed by atoms with Gasteiger partial charge in [-0.05, 0) is 49.2 Å². The van der Waals surface area contributed by atoms with Crippen LogP contribution in [0, 0.1) is 6.92 Å². The van der Waals surface area contributed by atoms with Crippen LogP contribution in [0.15, 0.2) is 42.5 Å². The molecule has 2 aromatic rings. The summed E-state index contributed by atoms with van der Waals surface area (Å²) in [7, 11) is 0. The molecule has 0 heterocycles.